The van der Waals surface area contributed by atoms with Gasteiger partial charge in [-0.05, 0) is 13.3 Å². The van der Waals surface area contributed by atoms with Gasteiger partial charge in [0, 0.05) is 0 Å². The summed E-state index contributed by atoms with van der Waals surface area (Å²) in [5.41, 5.74) is 0. The first-order chi connectivity index (χ1) is 3.77. The van der Waals surface area contributed by atoms with Crippen LogP contribution in [0.2, 0.25) is 0 Å². The third-order valence-electron chi connectivity index (χ3n) is 0.751. The molecule has 0 saturated heterocycles. The first-order valence-electron chi connectivity index (χ1n) is 2.58. The number of carbonyl (C=O) groups is 1. The van der Waals surface area contributed by atoms with Crippen LogP contribution in [-0.2, 0) is 9.90 Å². The van der Waals surface area contributed by atoms with Gasteiger partial charge >= 0.3 is 5.97 Å². The van der Waals surface area contributed by atoms with Crippen LogP contribution >= 0.6 is 0 Å². The van der Waals surface area contributed by atoms with Crippen molar-refractivity contribution in [3.63, 3.8) is 0 Å². The smallest absolute Gasteiger partial charge is 0.247 e. The van der Waals surface area contributed by atoms with Gasteiger partial charge in [0.05, 0.1) is 6.42 Å². The van der Waals surface area contributed by atoms with Crippen LogP contribution in [0.15, 0.2) is 12.2 Å². The predicted octanol–water partition coefficient (Wildman–Crippen LogP) is 1.30. The molecule has 0 atom stereocenters. The molecule has 0 saturated carbocycles. The van der Waals surface area contributed by atoms with E-state index in [9.17, 15) is 9.90 Å². The third-order valence-corrected chi connectivity index (χ3v) is 0.751. The summed E-state index contributed by atoms with van der Waals surface area (Å²) in [7, 11) is 0. The molecule has 0 aliphatic rings. The molecule has 2 nitrogen and oxygen atoms in total. The lowest BCUT2D eigenvalue weighted by atomic mass is 10.3. The lowest BCUT2D eigenvalue weighted by Gasteiger charge is -1.80. The minimum atomic E-state index is -0.983. The Labute approximate surface area is 48.8 Å². The summed E-state index contributed by atoms with van der Waals surface area (Å²) >= 11 is 0. The molecule has 0 bridgehead atoms. The Morgan fingerprint density at radius 3 is 2.62 bits per heavy atom. The van der Waals surface area contributed by atoms with Crippen molar-refractivity contribution in [1.29, 1.82) is 0 Å². The number of hydrogen-bond acceptors (Lipinski definition) is 1. The summed E-state index contributed by atoms with van der Waals surface area (Å²) < 4.78 is 0. The number of carbonyl (C=O) groups excluding carboxylic acids is 1. The Morgan fingerprint density at radius 2 is 2.25 bits per heavy atom. The van der Waals surface area contributed by atoms with E-state index in [2.05, 4.69) is 0 Å². The van der Waals surface area contributed by atoms with Crippen LogP contribution in [0.4, 0.5) is 0 Å². The summed E-state index contributed by atoms with van der Waals surface area (Å²) in [6.45, 7) is 1.86. The van der Waals surface area contributed by atoms with Gasteiger partial charge in [-0.15, -0.1) is 0 Å². The average Bonchev–Trinajstić information content (AvgIpc) is 1.66. The van der Waals surface area contributed by atoms with Crippen molar-refractivity contribution in [2.45, 2.75) is 19.8 Å². The van der Waals surface area contributed by atoms with Crippen molar-refractivity contribution in [3.8, 4) is 0 Å². The van der Waals surface area contributed by atoms with E-state index < -0.39 is 5.97 Å². The Morgan fingerprint density at radius 1 is 1.62 bits per heavy atom. The minimum absolute atomic E-state index is 0.129. The second-order valence-corrected chi connectivity index (χ2v) is 1.48. The van der Waals surface area contributed by atoms with Gasteiger partial charge < -0.3 is 0 Å². The van der Waals surface area contributed by atoms with Crippen molar-refractivity contribution in [3.05, 3.63) is 12.2 Å². The monoisotopic (exact) mass is 113 g/mol. The fraction of sp³-hybridized carbons (Fsp3) is 0.500. The second kappa shape index (κ2) is 4.37. The number of rotatable bonds is 3. The Kier molecular flexibility index (Phi) is 3.94. The van der Waals surface area contributed by atoms with E-state index in [1.54, 1.807) is 6.08 Å². The molecule has 1 radical (unpaired) electrons. The van der Waals surface area contributed by atoms with Gasteiger partial charge in [-0.2, -0.15) is 0 Å². The minimum Gasteiger partial charge on any atom is -0.247 e. The topological polar surface area (TPSA) is 37.0 Å². The third kappa shape index (κ3) is 5.21. The molecule has 0 amide bonds. The molecule has 0 heterocycles. The van der Waals surface area contributed by atoms with E-state index in [4.69, 9.17) is 0 Å². The van der Waals surface area contributed by atoms with Gasteiger partial charge in [0.1, 0.15) is 0 Å². The highest BCUT2D eigenvalue weighted by molar-refractivity contribution is 5.66. The molecule has 0 aliphatic heterocycles. The van der Waals surface area contributed by atoms with Crippen molar-refractivity contribution in [2.75, 3.05) is 0 Å². The zero-order chi connectivity index (χ0) is 6.41. The van der Waals surface area contributed by atoms with E-state index in [0.29, 0.717) is 6.42 Å². The largest absolute Gasteiger partial charge is 0.355 e. The maximum Gasteiger partial charge on any atom is 0.355 e. The van der Waals surface area contributed by atoms with Crippen LogP contribution in [0.3, 0.4) is 0 Å². The Hall–Kier alpha value is -0.790. The molecular weight excluding hydrogens is 104 g/mol. The van der Waals surface area contributed by atoms with Crippen LogP contribution in [0, 0.1) is 0 Å². The highest BCUT2D eigenvalue weighted by Crippen LogP contribution is 1.89. The Balaban J connectivity index is 3.05. The molecule has 0 fully saturated rings. The Bertz CT molecular complexity index is 94.7. The summed E-state index contributed by atoms with van der Waals surface area (Å²) in [6, 6.07) is 0. The van der Waals surface area contributed by atoms with Crippen molar-refractivity contribution in [2.24, 2.45) is 0 Å². The van der Waals surface area contributed by atoms with Crippen molar-refractivity contribution in [1.82, 2.24) is 0 Å². The number of allylic oxidation sites excluding steroid dienone is 2. The van der Waals surface area contributed by atoms with Crippen LogP contribution in [0.1, 0.15) is 19.8 Å². The lowest BCUT2D eigenvalue weighted by molar-refractivity contribution is -0.142. The molecule has 0 spiro atoms. The van der Waals surface area contributed by atoms with Crippen LogP contribution in [0.5, 0.6) is 0 Å². The van der Waals surface area contributed by atoms with Gasteiger partial charge in [-0.3, -0.25) is 0 Å². The van der Waals surface area contributed by atoms with E-state index in [-0.39, 0.29) is 6.42 Å². The molecular formula is C6H9O2. The molecule has 0 aromatic heterocycles. The maximum atomic E-state index is 9.73. The van der Waals surface area contributed by atoms with Crippen molar-refractivity contribution >= 4 is 5.97 Å². The molecule has 0 unspecified atom stereocenters. The lowest BCUT2D eigenvalue weighted by Crippen LogP contribution is -1.88. The molecule has 0 N–H and O–H groups in total. The second-order valence-electron chi connectivity index (χ2n) is 1.48. The zero-order valence-electron chi connectivity index (χ0n) is 4.89. The first-order valence-corrected chi connectivity index (χ1v) is 2.58. The summed E-state index contributed by atoms with van der Waals surface area (Å²) in [5, 5.41) is 9.73. The van der Waals surface area contributed by atoms with E-state index in [1.807, 2.05) is 13.0 Å². The van der Waals surface area contributed by atoms with Crippen LogP contribution < -0.4 is 0 Å². The SMILES string of the molecule is C/C=C/CCC([O])=O. The van der Waals surface area contributed by atoms with Crippen molar-refractivity contribution < 1.29 is 9.90 Å². The van der Waals surface area contributed by atoms with Gasteiger partial charge in [-0.1, -0.05) is 12.2 Å². The highest BCUT2D eigenvalue weighted by Gasteiger charge is 1.93. The van der Waals surface area contributed by atoms with E-state index in [1.165, 1.54) is 0 Å². The highest BCUT2D eigenvalue weighted by atomic mass is 16.4. The quantitative estimate of drug-likeness (QED) is 0.508. The average molecular weight is 113 g/mol. The molecule has 8 heavy (non-hydrogen) atoms. The number of hydrogen-bond donors (Lipinski definition) is 0. The molecule has 45 valence electrons. The normalized spacial score (nSPS) is 10.1. The molecule has 0 rings (SSSR count). The molecule has 0 aromatic rings. The standard InChI is InChI=1S/C6H9O2/c1-2-3-4-5-6(7)8/h2-3H,4-5H2,1H3/b3-2+. The van der Waals surface area contributed by atoms with E-state index >= 15 is 0 Å². The fourth-order valence-electron chi connectivity index (χ4n) is 0.368. The summed E-state index contributed by atoms with van der Waals surface area (Å²) in [4.78, 5) is 9.73. The molecule has 0 aromatic carbocycles. The molecule has 0 aliphatic carbocycles. The summed E-state index contributed by atoms with van der Waals surface area (Å²) in [6.07, 6.45) is 4.34. The van der Waals surface area contributed by atoms with E-state index in [0.717, 1.165) is 0 Å². The molecule has 2 heteroatoms. The fourth-order valence-corrected chi connectivity index (χ4v) is 0.368. The van der Waals surface area contributed by atoms with Crippen LogP contribution in [0.25, 0.3) is 0 Å². The first kappa shape index (κ1) is 7.21. The van der Waals surface area contributed by atoms with Gasteiger partial charge in [-0.25, -0.2) is 9.90 Å². The summed E-state index contributed by atoms with van der Waals surface area (Å²) in [5.74, 6) is -0.983. The van der Waals surface area contributed by atoms with Gasteiger partial charge in [0.15, 0.2) is 0 Å². The maximum absolute atomic E-state index is 9.73. The van der Waals surface area contributed by atoms with Gasteiger partial charge in [0.25, 0.3) is 0 Å². The van der Waals surface area contributed by atoms with Gasteiger partial charge in [0.2, 0.25) is 0 Å². The zero-order valence-corrected chi connectivity index (χ0v) is 4.89. The van der Waals surface area contributed by atoms with Crippen LogP contribution in [-0.4, -0.2) is 5.97 Å². The predicted molar refractivity (Wildman–Crippen MR) is 29.7 cm³/mol.